The molecule has 4 aromatic rings. The quantitative estimate of drug-likeness (QED) is 0.352. The molecule has 26 heavy (non-hydrogen) atoms. The van der Waals surface area contributed by atoms with Crippen LogP contribution in [-0.4, -0.2) is 26.0 Å². The summed E-state index contributed by atoms with van der Waals surface area (Å²) in [5.74, 6) is 0. The summed E-state index contributed by atoms with van der Waals surface area (Å²) in [5, 5.41) is 0. The molecular formula is C22H14N2NiSe-. The van der Waals surface area contributed by atoms with E-state index in [2.05, 4.69) is 39.2 Å². The van der Waals surface area contributed by atoms with Crippen molar-refractivity contribution in [3.05, 3.63) is 91.1 Å². The van der Waals surface area contributed by atoms with Crippen LogP contribution in [0.3, 0.4) is 0 Å². The van der Waals surface area contributed by atoms with E-state index in [1.165, 1.54) is 0 Å². The van der Waals surface area contributed by atoms with E-state index in [4.69, 9.17) is 4.98 Å². The van der Waals surface area contributed by atoms with Crippen molar-refractivity contribution in [2.75, 3.05) is 0 Å². The second kappa shape index (κ2) is 8.42. The monoisotopic (exact) mass is 444 g/mol. The first kappa shape index (κ1) is 18.5. The van der Waals surface area contributed by atoms with E-state index in [1.54, 1.807) is 6.20 Å². The van der Waals surface area contributed by atoms with Gasteiger partial charge in [0.2, 0.25) is 0 Å². The van der Waals surface area contributed by atoms with Crippen LogP contribution in [0.4, 0.5) is 0 Å². The molecule has 0 spiro atoms. The Balaban J connectivity index is 0.00000196. The Bertz CT molecular complexity index is 1020. The van der Waals surface area contributed by atoms with Gasteiger partial charge in [0.15, 0.2) is 0 Å². The third kappa shape index (κ3) is 3.94. The first-order chi connectivity index (χ1) is 12.3. The molecule has 0 amide bonds. The Hall–Kier alpha value is -2.25. The van der Waals surface area contributed by atoms with E-state index in [0.717, 1.165) is 38.2 Å². The van der Waals surface area contributed by atoms with Gasteiger partial charge in [-0.2, -0.15) is 0 Å². The van der Waals surface area contributed by atoms with Gasteiger partial charge in [-0.1, -0.05) is 0 Å². The van der Waals surface area contributed by atoms with Crippen LogP contribution in [0, 0.1) is 6.07 Å². The second-order valence-electron chi connectivity index (χ2n) is 5.60. The molecule has 0 aliphatic rings. The third-order valence-corrected chi connectivity index (χ3v) is 4.67. The van der Waals surface area contributed by atoms with Gasteiger partial charge < -0.3 is 0 Å². The fraction of sp³-hybridized carbons (Fsp3) is 0. The van der Waals surface area contributed by atoms with E-state index in [1.807, 2.05) is 66.7 Å². The van der Waals surface area contributed by atoms with Crippen molar-refractivity contribution in [1.82, 2.24) is 9.97 Å². The normalized spacial score (nSPS) is 10.2. The minimum atomic E-state index is 0. The molecule has 4 heteroatoms. The van der Waals surface area contributed by atoms with Gasteiger partial charge in [-0.3, -0.25) is 0 Å². The first-order valence-corrected chi connectivity index (χ1v) is 8.84. The molecule has 0 aliphatic carbocycles. The van der Waals surface area contributed by atoms with E-state index in [0.29, 0.717) is 0 Å². The number of rotatable bonds is 3. The van der Waals surface area contributed by atoms with E-state index in [-0.39, 0.29) is 16.5 Å². The molecule has 0 fully saturated rings. The number of pyridine rings is 2. The molecule has 0 unspecified atom stereocenters. The molecule has 2 nitrogen and oxygen atoms in total. The Morgan fingerprint density at radius 2 is 1.31 bits per heavy atom. The van der Waals surface area contributed by atoms with Crippen molar-refractivity contribution in [2.45, 2.75) is 0 Å². The Morgan fingerprint density at radius 1 is 0.654 bits per heavy atom. The average molecular weight is 444 g/mol. The summed E-state index contributed by atoms with van der Waals surface area (Å²) in [7, 11) is 0. The average Bonchev–Trinajstić information content (AvgIpc) is 2.69. The predicted octanol–water partition coefficient (Wildman–Crippen LogP) is 4.07. The van der Waals surface area contributed by atoms with Gasteiger partial charge in [0.25, 0.3) is 0 Å². The van der Waals surface area contributed by atoms with Crippen molar-refractivity contribution in [2.24, 2.45) is 0 Å². The Labute approximate surface area is 171 Å². The molecule has 0 bridgehead atoms. The maximum atomic E-state index is 4.84. The number of benzene rings is 2. The van der Waals surface area contributed by atoms with Gasteiger partial charge in [0.1, 0.15) is 0 Å². The number of hydrogen-bond acceptors (Lipinski definition) is 2. The zero-order chi connectivity index (χ0) is 17.1. The van der Waals surface area contributed by atoms with Crippen LogP contribution in [0.5, 0.6) is 0 Å². The first-order valence-electron chi connectivity index (χ1n) is 7.99. The fourth-order valence-electron chi connectivity index (χ4n) is 2.70. The molecule has 0 N–H and O–H groups in total. The number of nitrogens with zero attached hydrogens (tertiary/aromatic N) is 2. The Kier molecular flexibility index (Phi) is 6.01. The topological polar surface area (TPSA) is 25.8 Å². The molecule has 2 aromatic carbocycles. The molecule has 0 saturated heterocycles. The SMILES string of the molecule is [Ni].[Se]c1ccccc1-c1cccc(-c2[c-]c(-c3ccccn3)ccc2)n1. The van der Waals surface area contributed by atoms with Crippen LogP contribution in [0.2, 0.25) is 0 Å². The molecule has 129 valence electrons. The standard InChI is InChI=1S/C22H14N2Se.Ni/c25-22-13-2-1-9-18(22)21-12-6-11-20(24-21)17-8-5-7-16(15-17)19-10-3-4-14-23-19;/h1-14H;/q-1;. The Morgan fingerprint density at radius 3 is 2.08 bits per heavy atom. The summed E-state index contributed by atoms with van der Waals surface area (Å²) < 4.78 is 1.10. The summed E-state index contributed by atoms with van der Waals surface area (Å²) in [6, 6.07) is 29.6. The van der Waals surface area contributed by atoms with E-state index >= 15 is 0 Å². The molecule has 2 heterocycles. The van der Waals surface area contributed by atoms with Gasteiger partial charge in [-0.15, -0.1) is 0 Å². The van der Waals surface area contributed by atoms with Gasteiger partial charge in [0, 0.05) is 16.5 Å². The minimum absolute atomic E-state index is 0. The summed E-state index contributed by atoms with van der Waals surface area (Å²) in [6.45, 7) is 0. The second-order valence-corrected chi connectivity index (χ2v) is 6.52. The molecule has 2 aromatic heterocycles. The maximum absolute atomic E-state index is 4.84. The van der Waals surface area contributed by atoms with E-state index < -0.39 is 0 Å². The number of aromatic nitrogens is 2. The summed E-state index contributed by atoms with van der Waals surface area (Å²) in [4.78, 5) is 9.24. The molecule has 0 saturated carbocycles. The van der Waals surface area contributed by atoms with Crippen LogP contribution in [0.15, 0.2) is 85.1 Å². The zero-order valence-corrected chi connectivity index (χ0v) is 16.4. The molecule has 4 rings (SSSR count). The van der Waals surface area contributed by atoms with E-state index in [9.17, 15) is 0 Å². The molecular weight excluding hydrogens is 430 g/mol. The van der Waals surface area contributed by atoms with Gasteiger partial charge in [-0.25, -0.2) is 0 Å². The van der Waals surface area contributed by atoms with Crippen molar-refractivity contribution in [3.8, 4) is 33.8 Å². The summed E-state index contributed by atoms with van der Waals surface area (Å²) in [6.07, 6.45) is 1.80. The van der Waals surface area contributed by atoms with Crippen molar-refractivity contribution >= 4 is 20.5 Å². The molecule has 1 radical (unpaired) electrons. The van der Waals surface area contributed by atoms with Crippen LogP contribution in [-0.2, 0) is 16.5 Å². The van der Waals surface area contributed by atoms with Crippen molar-refractivity contribution in [1.29, 1.82) is 0 Å². The summed E-state index contributed by atoms with van der Waals surface area (Å²) in [5.41, 5.74) is 5.79. The third-order valence-electron chi connectivity index (χ3n) is 3.92. The van der Waals surface area contributed by atoms with Crippen LogP contribution in [0.25, 0.3) is 33.8 Å². The summed E-state index contributed by atoms with van der Waals surface area (Å²) >= 11 is 3.10. The molecule has 0 atom stereocenters. The van der Waals surface area contributed by atoms with Crippen LogP contribution in [0.1, 0.15) is 0 Å². The van der Waals surface area contributed by atoms with Gasteiger partial charge >= 0.3 is 155 Å². The zero-order valence-electron chi connectivity index (χ0n) is 13.7. The van der Waals surface area contributed by atoms with Crippen molar-refractivity contribution in [3.63, 3.8) is 0 Å². The van der Waals surface area contributed by atoms with Crippen LogP contribution < -0.4 is 4.46 Å². The number of hydrogen-bond donors (Lipinski definition) is 0. The van der Waals surface area contributed by atoms with Gasteiger partial charge in [-0.05, 0) is 0 Å². The predicted molar refractivity (Wildman–Crippen MR) is 103 cm³/mol. The van der Waals surface area contributed by atoms with Gasteiger partial charge in [0.05, 0.1) is 0 Å². The fourth-order valence-corrected chi connectivity index (χ4v) is 3.23. The van der Waals surface area contributed by atoms with Crippen molar-refractivity contribution < 1.29 is 16.5 Å². The van der Waals surface area contributed by atoms with Crippen LogP contribution >= 0.6 is 0 Å². The molecule has 0 aliphatic heterocycles.